The van der Waals surface area contributed by atoms with E-state index in [1.54, 1.807) is 0 Å². The van der Waals surface area contributed by atoms with E-state index in [0.717, 1.165) is 22.0 Å². The fraction of sp³-hybridized carbons (Fsp3) is 0.375. The fourth-order valence-corrected chi connectivity index (χ4v) is 6.68. The summed E-state index contributed by atoms with van der Waals surface area (Å²) >= 11 is 0. The van der Waals surface area contributed by atoms with Gasteiger partial charge < -0.3 is 9.32 Å². The van der Waals surface area contributed by atoms with Gasteiger partial charge in [0.2, 0.25) is 11.6 Å². The molecule has 2 aromatic heterocycles. The zero-order chi connectivity index (χ0) is 23.9. The molecule has 0 aliphatic heterocycles. The summed E-state index contributed by atoms with van der Waals surface area (Å²) in [7, 11) is 0. The molecular formula is C32H33N3O. The Morgan fingerprint density at radius 2 is 1.28 bits per heavy atom. The second kappa shape index (κ2) is 9.24. The van der Waals surface area contributed by atoms with Gasteiger partial charge in [-0.3, -0.25) is 0 Å². The van der Waals surface area contributed by atoms with Crippen molar-refractivity contribution >= 4 is 27.8 Å². The van der Waals surface area contributed by atoms with Crippen LogP contribution in [0.1, 0.15) is 64.2 Å². The van der Waals surface area contributed by atoms with Crippen LogP contribution in [-0.2, 0) is 0 Å². The Hall–Kier alpha value is -3.40. The van der Waals surface area contributed by atoms with Gasteiger partial charge in [0.05, 0.1) is 5.52 Å². The summed E-state index contributed by atoms with van der Waals surface area (Å²) in [6, 6.07) is 24.8. The monoisotopic (exact) mass is 475 g/mol. The number of anilines is 1. The van der Waals surface area contributed by atoms with Gasteiger partial charge in [-0.25, -0.2) is 9.97 Å². The highest BCUT2D eigenvalue weighted by atomic mass is 16.4. The molecule has 7 rings (SSSR count). The van der Waals surface area contributed by atoms with Crippen molar-refractivity contribution in [2.45, 2.75) is 76.3 Å². The molecule has 0 radical (unpaired) electrons. The van der Waals surface area contributed by atoms with Crippen molar-refractivity contribution in [2.75, 3.05) is 4.90 Å². The molecule has 0 saturated heterocycles. The van der Waals surface area contributed by atoms with Crippen molar-refractivity contribution in [2.24, 2.45) is 0 Å². The standard InChI is InChI=1S/C32H33N3O/c1-4-13-23(14-5-1)35(24-15-6-2-7-16-24)30-21-27(25-17-8-3-9-18-26(25)30)31-34-29-20-22-12-10-11-19-28(22)33-32(29)36-31/h3,8-12,17-21,23-24H,1-2,4-7,13-16H2. The largest absolute Gasteiger partial charge is 0.418 e. The third-order valence-electron chi connectivity index (χ3n) is 8.42. The van der Waals surface area contributed by atoms with Gasteiger partial charge in [-0.1, -0.05) is 87.1 Å². The minimum atomic E-state index is 0.608. The van der Waals surface area contributed by atoms with Gasteiger partial charge in [0.25, 0.3) is 0 Å². The van der Waals surface area contributed by atoms with E-state index in [1.807, 2.05) is 18.2 Å². The molecule has 2 heterocycles. The maximum Gasteiger partial charge on any atom is 0.247 e. The number of benzene rings is 1. The second-order valence-electron chi connectivity index (χ2n) is 10.7. The van der Waals surface area contributed by atoms with Crippen molar-refractivity contribution in [3.8, 4) is 22.6 Å². The lowest BCUT2D eigenvalue weighted by molar-refractivity contribution is 0.340. The van der Waals surface area contributed by atoms with Crippen molar-refractivity contribution < 1.29 is 4.42 Å². The quantitative estimate of drug-likeness (QED) is 0.261. The first-order valence-corrected chi connectivity index (χ1v) is 13.8. The Kier molecular flexibility index (Phi) is 5.61. The molecule has 4 nitrogen and oxygen atoms in total. The summed E-state index contributed by atoms with van der Waals surface area (Å²) in [4.78, 5) is 12.6. The van der Waals surface area contributed by atoms with Gasteiger partial charge in [-0.2, -0.15) is 0 Å². The van der Waals surface area contributed by atoms with Crippen LogP contribution in [0.25, 0.3) is 44.7 Å². The number of pyridine rings is 1. The average molecular weight is 476 g/mol. The summed E-state index contributed by atoms with van der Waals surface area (Å²) in [5, 5.41) is 1.09. The van der Waals surface area contributed by atoms with Crippen LogP contribution in [0, 0.1) is 0 Å². The molecule has 4 aliphatic carbocycles. The molecule has 1 aromatic carbocycles. The lowest BCUT2D eigenvalue weighted by atomic mass is 9.88. The van der Waals surface area contributed by atoms with Crippen LogP contribution in [0.5, 0.6) is 0 Å². The molecule has 4 heteroatoms. The van der Waals surface area contributed by atoms with E-state index in [1.165, 1.54) is 81.0 Å². The summed E-state index contributed by atoms with van der Waals surface area (Å²) in [5.74, 6) is 0.669. The van der Waals surface area contributed by atoms with Crippen LogP contribution in [0.15, 0.2) is 71.1 Å². The lowest BCUT2D eigenvalue weighted by Crippen LogP contribution is -2.45. The number of aromatic nitrogens is 2. The molecule has 0 unspecified atom stereocenters. The Balaban J connectivity index is 1.39. The molecular weight excluding hydrogens is 442 g/mol. The predicted molar refractivity (Wildman–Crippen MR) is 148 cm³/mol. The van der Waals surface area contributed by atoms with E-state index in [2.05, 4.69) is 53.4 Å². The highest BCUT2D eigenvalue weighted by Crippen LogP contribution is 2.47. The average Bonchev–Trinajstić information content (AvgIpc) is 3.40. The zero-order valence-corrected chi connectivity index (χ0v) is 20.8. The lowest BCUT2D eigenvalue weighted by Gasteiger charge is -2.43. The fourth-order valence-electron chi connectivity index (χ4n) is 6.68. The third kappa shape index (κ3) is 3.84. The van der Waals surface area contributed by atoms with Gasteiger partial charge in [0, 0.05) is 34.3 Å². The van der Waals surface area contributed by atoms with Gasteiger partial charge in [0.1, 0.15) is 5.52 Å². The summed E-state index contributed by atoms with van der Waals surface area (Å²) < 4.78 is 6.34. The van der Waals surface area contributed by atoms with Crippen LogP contribution in [0.2, 0.25) is 0 Å². The highest BCUT2D eigenvalue weighted by Gasteiger charge is 2.33. The van der Waals surface area contributed by atoms with Crippen LogP contribution in [-0.4, -0.2) is 22.1 Å². The summed E-state index contributed by atoms with van der Waals surface area (Å²) in [6.07, 6.45) is 13.3. The van der Waals surface area contributed by atoms with Crippen molar-refractivity contribution in [1.82, 2.24) is 9.97 Å². The number of para-hydroxylation sites is 1. The maximum absolute atomic E-state index is 6.34. The van der Waals surface area contributed by atoms with Gasteiger partial charge >= 0.3 is 0 Å². The maximum atomic E-state index is 6.34. The van der Waals surface area contributed by atoms with E-state index in [9.17, 15) is 0 Å². The summed E-state index contributed by atoms with van der Waals surface area (Å²) in [6.45, 7) is 0. The first kappa shape index (κ1) is 21.8. The van der Waals surface area contributed by atoms with E-state index in [-0.39, 0.29) is 0 Å². The molecule has 0 N–H and O–H groups in total. The molecule has 0 amide bonds. The summed E-state index contributed by atoms with van der Waals surface area (Å²) in [5.41, 5.74) is 7.33. The number of nitrogens with zero attached hydrogens (tertiary/aromatic N) is 3. The third-order valence-corrected chi connectivity index (χ3v) is 8.42. The van der Waals surface area contributed by atoms with E-state index in [0.29, 0.717) is 23.7 Å². The number of hydrogen-bond acceptors (Lipinski definition) is 4. The van der Waals surface area contributed by atoms with Gasteiger partial charge in [-0.05, 0) is 49.4 Å². The normalized spacial score (nSPS) is 17.8. The van der Waals surface area contributed by atoms with Crippen LogP contribution < -0.4 is 4.90 Å². The smallest absolute Gasteiger partial charge is 0.247 e. The van der Waals surface area contributed by atoms with Crippen LogP contribution in [0.4, 0.5) is 5.69 Å². The molecule has 3 aromatic rings. The van der Waals surface area contributed by atoms with Crippen LogP contribution >= 0.6 is 0 Å². The molecule has 182 valence electrons. The molecule has 0 bridgehead atoms. The predicted octanol–water partition coefficient (Wildman–Crippen LogP) is 8.62. The van der Waals surface area contributed by atoms with E-state index in [4.69, 9.17) is 14.4 Å². The molecule has 2 fully saturated rings. The molecule has 4 aliphatic rings. The van der Waals surface area contributed by atoms with E-state index >= 15 is 0 Å². The molecule has 0 atom stereocenters. The Morgan fingerprint density at radius 1 is 0.611 bits per heavy atom. The molecule has 36 heavy (non-hydrogen) atoms. The SMILES string of the molecule is c1ccc2c(-c3nc4cc5ccccc5nc4o3)cc(N(C3CCCCC3)C3CCCCC3)c-2cc1. The van der Waals surface area contributed by atoms with Crippen molar-refractivity contribution in [3.05, 3.63) is 66.7 Å². The van der Waals surface area contributed by atoms with Gasteiger partial charge in [-0.15, -0.1) is 0 Å². The van der Waals surface area contributed by atoms with Crippen LogP contribution in [0.3, 0.4) is 0 Å². The Morgan fingerprint density at radius 3 is 2.03 bits per heavy atom. The first-order valence-electron chi connectivity index (χ1n) is 13.8. The minimum absolute atomic E-state index is 0.608. The Bertz CT molecular complexity index is 1410. The van der Waals surface area contributed by atoms with Gasteiger partial charge in [0.15, 0.2) is 0 Å². The van der Waals surface area contributed by atoms with E-state index < -0.39 is 0 Å². The van der Waals surface area contributed by atoms with Crippen molar-refractivity contribution in [1.29, 1.82) is 0 Å². The highest BCUT2D eigenvalue weighted by molar-refractivity contribution is 5.96. The second-order valence-corrected chi connectivity index (χ2v) is 10.7. The minimum Gasteiger partial charge on any atom is -0.418 e. The number of rotatable bonds is 4. The van der Waals surface area contributed by atoms with Crippen molar-refractivity contribution in [3.63, 3.8) is 0 Å². The molecule has 0 spiro atoms. The number of hydrogen-bond donors (Lipinski definition) is 0. The first-order chi connectivity index (χ1) is 17.8. The molecule has 2 saturated carbocycles. The number of fused-ring (bicyclic) bond motifs is 3. The number of oxazole rings is 1. The topological polar surface area (TPSA) is 42.2 Å². The Labute approximate surface area is 212 Å². The zero-order valence-electron chi connectivity index (χ0n) is 20.8.